The molecule has 3 rings (SSSR count). The number of hydrogen-bond acceptors (Lipinski definition) is 4. The van der Waals surface area contributed by atoms with E-state index >= 15 is 0 Å². The highest BCUT2D eigenvalue weighted by molar-refractivity contribution is 5.88. The molecule has 1 aromatic carbocycles. The maximum absolute atomic E-state index is 12.1. The number of anilines is 1. The van der Waals surface area contributed by atoms with Crippen LogP contribution in [0.2, 0.25) is 0 Å². The molecule has 0 spiro atoms. The lowest BCUT2D eigenvalue weighted by atomic mass is 10.2. The molecule has 126 valence electrons. The fraction of sp³-hybridized carbons (Fsp3) is 0.389. The van der Waals surface area contributed by atoms with Crippen LogP contribution < -0.4 is 5.32 Å². The summed E-state index contributed by atoms with van der Waals surface area (Å²) in [5.41, 5.74) is 1.52. The normalized spacial score (nSPS) is 13.5. The van der Waals surface area contributed by atoms with E-state index in [2.05, 4.69) is 15.3 Å². The lowest BCUT2D eigenvalue weighted by molar-refractivity contribution is 0.109. The van der Waals surface area contributed by atoms with Crippen LogP contribution in [0, 0.1) is 5.92 Å². The van der Waals surface area contributed by atoms with Gasteiger partial charge in [0.05, 0.1) is 24.7 Å². The largest absolute Gasteiger partial charge is 0.379 e. The number of benzene rings is 1. The standard InChI is InChI=1S/C18H22N4O2/c1-22(9-10-24-13-14-7-8-14)18(23)21-16-11-19-17(20-12-16)15-5-3-2-4-6-15/h2-6,11-12,14H,7-10,13H2,1H3,(H,21,23). The summed E-state index contributed by atoms with van der Waals surface area (Å²) in [6.07, 6.45) is 5.78. The van der Waals surface area contributed by atoms with Gasteiger partial charge in [0, 0.05) is 25.8 Å². The van der Waals surface area contributed by atoms with Gasteiger partial charge in [-0.1, -0.05) is 30.3 Å². The fourth-order valence-corrected chi connectivity index (χ4v) is 2.19. The topological polar surface area (TPSA) is 67.3 Å². The van der Waals surface area contributed by atoms with Crippen LogP contribution in [0.4, 0.5) is 10.5 Å². The number of urea groups is 1. The highest BCUT2D eigenvalue weighted by atomic mass is 16.5. The molecule has 0 unspecified atom stereocenters. The van der Waals surface area contributed by atoms with Crippen molar-refractivity contribution < 1.29 is 9.53 Å². The van der Waals surface area contributed by atoms with Crippen molar-refractivity contribution in [2.75, 3.05) is 32.1 Å². The summed E-state index contributed by atoms with van der Waals surface area (Å²) in [5.74, 6) is 1.37. The molecule has 6 heteroatoms. The fourth-order valence-electron chi connectivity index (χ4n) is 2.19. The van der Waals surface area contributed by atoms with E-state index in [4.69, 9.17) is 4.74 Å². The number of ether oxygens (including phenoxy) is 1. The van der Waals surface area contributed by atoms with E-state index in [-0.39, 0.29) is 6.03 Å². The van der Waals surface area contributed by atoms with Gasteiger partial charge in [-0.05, 0) is 18.8 Å². The van der Waals surface area contributed by atoms with Crippen LogP contribution in [0.15, 0.2) is 42.7 Å². The number of rotatable bonds is 7. The number of hydrogen-bond donors (Lipinski definition) is 1. The van der Waals surface area contributed by atoms with Gasteiger partial charge in [-0.3, -0.25) is 0 Å². The number of nitrogens with one attached hydrogen (secondary N) is 1. The Hall–Kier alpha value is -2.47. The van der Waals surface area contributed by atoms with E-state index in [0.717, 1.165) is 18.1 Å². The van der Waals surface area contributed by atoms with E-state index in [9.17, 15) is 4.79 Å². The monoisotopic (exact) mass is 326 g/mol. The minimum Gasteiger partial charge on any atom is -0.379 e. The quantitative estimate of drug-likeness (QED) is 0.794. The third-order valence-electron chi connectivity index (χ3n) is 3.90. The van der Waals surface area contributed by atoms with Crippen LogP contribution in [0.1, 0.15) is 12.8 Å². The van der Waals surface area contributed by atoms with E-state index in [1.807, 2.05) is 30.3 Å². The molecule has 1 fully saturated rings. The van der Waals surface area contributed by atoms with E-state index in [1.54, 1.807) is 24.3 Å². The van der Waals surface area contributed by atoms with E-state index in [0.29, 0.717) is 24.7 Å². The molecular weight excluding hydrogens is 304 g/mol. The Morgan fingerprint density at radius 1 is 1.25 bits per heavy atom. The predicted octanol–water partition coefficient (Wildman–Crippen LogP) is 3.03. The maximum Gasteiger partial charge on any atom is 0.321 e. The zero-order valence-electron chi connectivity index (χ0n) is 13.8. The highest BCUT2D eigenvalue weighted by Crippen LogP contribution is 2.28. The number of likely N-dealkylation sites (N-methyl/N-ethyl adjacent to an activating group) is 1. The van der Waals surface area contributed by atoms with Crippen molar-refractivity contribution in [2.45, 2.75) is 12.8 Å². The van der Waals surface area contributed by atoms with Gasteiger partial charge in [-0.15, -0.1) is 0 Å². The Labute approximate surface area is 141 Å². The SMILES string of the molecule is CN(CCOCC1CC1)C(=O)Nc1cnc(-c2ccccc2)nc1. The average molecular weight is 326 g/mol. The van der Waals surface area contributed by atoms with Crippen molar-refractivity contribution in [3.05, 3.63) is 42.7 Å². The van der Waals surface area contributed by atoms with Gasteiger partial charge < -0.3 is 15.0 Å². The number of aromatic nitrogens is 2. The minimum absolute atomic E-state index is 0.193. The molecule has 1 aliphatic rings. The van der Waals surface area contributed by atoms with Gasteiger partial charge in [0.1, 0.15) is 0 Å². The Morgan fingerprint density at radius 2 is 1.96 bits per heavy atom. The lowest BCUT2D eigenvalue weighted by Crippen LogP contribution is -2.34. The summed E-state index contributed by atoms with van der Waals surface area (Å²) in [6.45, 7) is 1.93. The molecule has 1 N–H and O–H groups in total. The minimum atomic E-state index is -0.193. The van der Waals surface area contributed by atoms with Crippen LogP contribution >= 0.6 is 0 Å². The molecule has 0 radical (unpaired) electrons. The molecule has 0 saturated heterocycles. The lowest BCUT2D eigenvalue weighted by Gasteiger charge is -2.17. The summed E-state index contributed by atoms with van der Waals surface area (Å²) >= 11 is 0. The number of carbonyl (C=O) groups excluding carboxylic acids is 1. The summed E-state index contributed by atoms with van der Waals surface area (Å²) in [7, 11) is 1.75. The Balaban J connectivity index is 1.46. The first-order chi connectivity index (χ1) is 11.7. The van der Waals surface area contributed by atoms with Crippen LogP contribution in [0.5, 0.6) is 0 Å². The Morgan fingerprint density at radius 3 is 2.62 bits per heavy atom. The van der Waals surface area contributed by atoms with Gasteiger partial charge in [0.25, 0.3) is 0 Å². The molecule has 1 heterocycles. The van der Waals surface area contributed by atoms with Crippen LogP contribution in [0.25, 0.3) is 11.4 Å². The second-order valence-corrected chi connectivity index (χ2v) is 6.03. The molecule has 1 aliphatic carbocycles. The van der Waals surface area contributed by atoms with Gasteiger partial charge in [0.15, 0.2) is 5.82 Å². The van der Waals surface area contributed by atoms with Crippen LogP contribution in [-0.2, 0) is 4.74 Å². The third-order valence-corrected chi connectivity index (χ3v) is 3.90. The molecule has 1 saturated carbocycles. The number of amides is 2. The second kappa shape index (κ2) is 7.88. The van der Waals surface area contributed by atoms with Crippen LogP contribution in [-0.4, -0.2) is 47.7 Å². The van der Waals surface area contributed by atoms with Gasteiger partial charge >= 0.3 is 6.03 Å². The Kier molecular flexibility index (Phi) is 5.38. The third kappa shape index (κ3) is 4.76. The summed E-state index contributed by atoms with van der Waals surface area (Å²) in [5, 5.41) is 2.79. The first-order valence-corrected chi connectivity index (χ1v) is 8.19. The van der Waals surface area contributed by atoms with Gasteiger partial charge in [0.2, 0.25) is 0 Å². The zero-order chi connectivity index (χ0) is 16.8. The predicted molar refractivity (Wildman–Crippen MR) is 92.7 cm³/mol. The second-order valence-electron chi connectivity index (χ2n) is 6.03. The molecule has 0 atom stereocenters. The van der Waals surface area contributed by atoms with Gasteiger partial charge in [-0.2, -0.15) is 0 Å². The van der Waals surface area contributed by atoms with Crippen molar-refractivity contribution in [1.82, 2.24) is 14.9 Å². The van der Waals surface area contributed by atoms with Crippen molar-refractivity contribution in [3.8, 4) is 11.4 Å². The smallest absolute Gasteiger partial charge is 0.321 e. The molecular formula is C18H22N4O2. The highest BCUT2D eigenvalue weighted by Gasteiger charge is 2.21. The number of nitrogens with zero attached hydrogens (tertiary/aromatic N) is 3. The van der Waals surface area contributed by atoms with Crippen molar-refractivity contribution >= 4 is 11.7 Å². The number of carbonyl (C=O) groups is 1. The van der Waals surface area contributed by atoms with Gasteiger partial charge in [-0.25, -0.2) is 14.8 Å². The average Bonchev–Trinajstić information content (AvgIpc) is 3.44. The summed E-state index contributed by atoms with van der Waals surface area (Å²) < 4.78 is 5.55. The zero-order valence-corrected chi connectivity index (χ0v) is 13.8. The summed E-state index contributed by atoms with van der Waals surface area (Å²) in [6, 6.07) is 9.53. The van der Waals surface area contributed by atoms with Crippen LogP contribution in [0.3, 0.4) is 0 Å². The van der Waals surface area contributed by atoms with Crippen molar-refractivity contribution in [3.63, 3.8) is 0 Å². The molecule has 1 aromatic heterocycles. The molecule has 6 nitrogen and oxygen atoms in total. The van der Waals surface area contributed by atoms with E-state index < -0.39 is 0 Å². The van der Waals surface area contributed by atoms with Crippen molar-refractivity contribution in [1.29, 1.82) is 0 Å². The van der Waals surface area contributed by atoms with E-state index in [1.165, 1.54) is 12.8 Å². The maximum atomic E-state index is 12.1. The summed E-state index contributed by atoms with van der Waals surface area (Å²) in [4.78, 5) is 22.3. The first-order valence-electron chi connectivity index (χ1n) is 8.19. The molecule has 24 heavy (non-hydrogen) atoms. The molecule has 0 aliphatic heterocycles. The molecule has 0 bridgehead atoms. The Bertz CT molecular complexity index is 656. The first kappa shape index (κ1) is 16.4. The molecule has 2 amide bonds. The van der Waals surface area contributed by atoms with Crippen molar-refractivity contribution in [2.24, 2.45) is 5.92 Å². The molecule has 2 aromatic rings.